The van der Waals surface area contributed by atoms with E-state index in [0.717, 1.165) is 6.07 Å². The third-order valence-corrected chi connectivity index (χ3v) is 2.69. The van der Waals surface area contributed by atoms with Crippen molar-refractivity contribution in [2.45, 2.75) is 20.0 Å². The van der Waals surface area contributed by atoms with E-state index in [1.54, 1.807) is 18.0 Å². The summed E-state index contributed by atoms with van der Waals surface area (Å²) in [5, 5.41) is 0. The zero-order valence-electron chi connectivity index (χ0n) is 10.8. The Morgan fingerprint density at radius 3 is 2.44 bits per heavy atom. The van der Waals surface area contributed by atoms with Gasteiger partial charge in [0.25, 0.3) is 0 Å². The molecule has 102 valence electrons. The van der Waals surface area contributed by atoms with Gasteiger partial charge in [0.15, 0.2) is 0 Å². The van der Waals surface area contributed by atoms with Crippen molar-refractivity contribution in [3.63, 3.8) is 0 Å². The van der Waals surface area contributed by atoms with Gasteiger partial charge in [0.1, 0.15) is 5.69 Å². The molecule has 1 aromatic rings. The van der Waals surface area contributed by atoms with E-state index in [1.807, 2.05) is 13.8 Å². The van der Waals surface area contributed by atoms with Gasteiger partial charge in [-0.25, -0.2) is 0 Å². The molecule has 0 spiro atoms. The molecule has 0 fully saturated rings. The number of nitrogens with two attached hydrogens (primary N) is 1. The van der Waals surface area contributed by atoms with Gasteiger partial charge >= 0.3 is 6.18 Å². The lowest BCUT2D eigenvalue weighted by atomic mass is 9.93. The smallest absolute Gasteiger partial charge is 0.374 e. The highest BCUT2D eigenvalue weighted by molar-refractivity contribution is 5.46. The number of anilines is 1. The lowest BCUT2D eigenvalue weighted by Gasteiger charge is -2.30. The van der Waals surface area contributed by atoms with Crippen molar-refractivity contribution in [3.05, 3.63) is 24.0 Å². The largest absolute Gasteiger partial charge is 0.433 e. The van der Waals surface area contributed by atoms with Crippen LogP contribution in [0.15, 0.2) is 18.3 Å². The summed E-state index contributed by atoms with van der Waals surface area (Å²) < 4.78 is 37.6. The van der Waals surface area contributed by atoms with Gasteiger partial charge in [0, 0.05) is 25.5 Å². The Balaban J connectivity index is 2.90. The minimum atomic E-state index is -4.42. The zero-order chi connectivity index (χ0) is 14.0. The number of hydrogen-bond donors (Lipinski definition) is 1. The fourth-order valence-corrected chi connectivity index (χ4v) is 1.61. The normalized spacial score (nSPS) is 12.6. The molecule has 18 heavy (non-hydrogen) atoms. The summed E-state index contributed by atoms with van der Waals surface area (Å²) in [4.78, 5) is 5.09. The molecule has 1 rings (SSSR count). The van der Waals surface area contributed by atoms with Gasteiger partial charge in [-0.2, -0.15) is 13.2 Å². The Labute approximate surface area is 105 Å². The molecule has 0 aliphatic heterocycles. The molecule has 0 aliphatic rings. The van der Waals surface area contributed by atoms with Crippen LogP contribution in [0.2, 0.25) is 0 Å². The molecule has 1 heterocycles. The molecule has 0 saturated heterocycles. The quantitative estimate of drug-likeness (QED) is 0.905. The minimum absolute atomic E-state index is 0.156. The molecule has 2 N–H and O–H groups in total. The Morgan fingerprint density at radius 1 is 1.33 bits per heavy atom. The summed E-state index contributed by atoms with van der Waals surface area (Å²) in [6, 6.07) is 2.61. The number of rotatable bonds is 4. The summed E-state index contributed by atoms with van der Waals surface area (Å²) in [5.74, 6) is 0. The van der Waals surface area contributed by atoms with Crippen LogP contribution in [0.25, 0.3) is 0 Å². The molecule has 0 amide bonds. The first kappa shape index (κ1) is 14.8. The van der Waals surface area contributed by atoms with Crippen LogP contribution >= 0.6 is 0 Å². The Kier molecular flexibility index (Phi) is 4.21. The van der Waals surface area contributed by atoms with Crippen molar-refractivity contribution >= 4 is 5.69 Å². The predicted octanol–water partition coefficient (Wildman–Crippen LogP) is 2.52. The van der Waals surface area contributed by atoms with Crippen LogP contribution in [0.3, 0.4) is 0 Å². The van der Waals surface area contributed by atoms with E-state index >= 15 is 0 Å². The molecule has 0 radical (unpaired) electrons. The molecular weight excluding hydrogens is 243 g/mol. The van der Waals surface area contributed by atoms with Crippen molar-refractivity contribution < 1.29 is 13.2 Å². The van der Waals surface area contributed by atoms with Gasteiger partial charge in [-0.3, -0.25) is 4.98 Å². The maximum Gasteiger partial charge on any atom is 0.433 e. The first-order chi connectivity index (χ1) is 8.15. The number of alkyl halides is 3. The van der Waals surface area contributed by atoms with Crippen molar-refractivity contribution in [3.8, 4) is 0 Å². The van der Waals surface area contributed by atoms with E-state index < -0.39 is 11.9 Å². The highest BCUT2D eigenvalue weighted by Gasteiger charge is 2.32. The summed E-state index contributed by atoms with van der Waals surface area (Å²) in [6.07, 6.45) is -3.25. The van der Waals surface area contributed by atoms with E-state index in [1.165, 1.54) is 6.20 Å². The second-order valence-electron chi connectivity index (χ2n) is 5.12. The van der Waals surface area contributed by atoms with Gasteiger partial charge in [-0.15, -0.1) is 0 Å². The van der Waals surface area contributed by atoms with E-state index in [9.17, 15) is 13.2 Å². The minimum Gasteiger partial charge on any atom is -0.374 e. The number of halogens is 3. The fourth-order valence-electron chi connectivity index (χ4n) is 1.61. The summed E-state index contributed by atoms with van der Waals surface area (Å²) >= 11 is 0. The molecule has 0 atom stereocenters. The average Bonchev–Trinajstić information content (AvgIpc) is 2.27. The molecule has 0 aromatic carbocycles. The van der Waals surface area contributed by atoms with E-state index in [-0.39, 0.29) is 5.41 Å². The molecule has 0 bridgehead atoms. The highest BCUT2D eigenvalue weighted by atomic mass is 19.4. The number of nitrogens with zero attached hydrogens (tertiary/aromatic N) is 2. The molecule has 0 unspecified atom stereocenters. The van der Waals surface area contributed by atoms with Crippen LogP contribution in [0.4, 0.5) is 18.9 Å². The van der Waals surface area contributed by atoms with Gasteiger partial charge in [0.2, 0.25) is 0 Å². The highest BCUT2D eigenvalue weighted by Crippen LogP contribution is 2.30. The molecule has 0 saturated carbocycles. The van der Waals surface area contributed by atoms with Crippen molar-refractivity contribution in [2.24, 2.45) is 11.1 Å². The third-order valence-electron chi connectivity index (χ3n) is 2.69. The van der Waals surface area contributed by atoms with Crippen molar-refractivity contribution in [2.75, 3.05) is 25.0 Å². The van der Waals surface area contributed by atoms with Gasteiger partial charge < -0.3 is 10.6 Å². The van der Waals surface area contributed by atoms with Crippen LogP contribution in [0.5, 0.6) is 0 Å². The second-order valence-corrected chi connectivity index (χ2v) is 5.12. The van der Waals surface area contributed by atoms with E-state index in [4.69, 9.17) is 5.73 Å². The predicted molar refractivity (Wildman–Crippen MR) is 65.3 cm³/mol. The standard InChI is InChI=1S/C12H18F3N3/c1-11(2,7-16)8-18(3)9-4-5-17-10(6-9)12(13,14)15/h4-6H,7-8,16H2,1-3H3. The zero-order valence-corrected chi connectivity index (χ0v) is 10.8. The summed E-state index contributed by atoms with van der Waals surface area (Å²) in [6.45, 7) is 4.98. The summed E-state index contributed by atoms with van der Waals surface area (Å²) in [5.41, 5.74) is 5.06. The fraction of sp³-hybridized carbons (Fsp3) is 0.583. The van der Waals surface area contributed by atoms with E-state index in [0.29, 0.717) is 18.8 Å². The van der Waals surface area contributed by atoms with Crippen LogP contribution < -0.4 is 10.6 Å². The SMILES string of the molecule is CN(CC(C)(C)CN)c1ccnc(C(F)(F)F)c1. The van der Waals surface area contributed by atoms with E-state index in [2.05, 4.69) is 4.98 Å². The Hall–Kier alpha value is -1.30. The number of aromatic nitrogens is 1. The number of pyridine rings is 1. The average molecular weight is 261 g/mol. The van der Waals surface area contributed by atoms with Gasteiger partial charge in [-0.1, -0.05) is 13.8 Å². The maximum absolute atomic E-state index is 12.5. The second kappa shape index (κ2) is 5.14. The van der Waals surface area contributed by atoms with Crippen LogP contribution in [0, 0.1) is 5.41 Å². The molecule has 3 nitrogen and oxygen atoms in total. The molecule has 0 aliphatic carbocycles. The molecular formula is C12H18F3N3. The first-order valence-electron chi connectivity index (χ1n) is 5.60. The summed E-state index contributed by atoms with van der Waals surface area (Å²) in [7, 11) is 1.74. The lowest BCUT2D eigenvalue weighted by molar-refractivity contribution is -0.141. The Morgan fingerprint density at radius 2 is 1.94 bits per heavy atom. The first-order valence-corrected chi connectivity index (χ1v) is 5.60. The Bertz CT molecular complexity index is 402. The van der Waals surface area contributed by atoms with Crippen LogP contribution in [-0.2, 0) is 6.18 Å². The van der Waals surface area contributed by atoms with Crippen molar-refractivity contribution in [1.82, 2.24) is 4.98 Å². The molecule has 1 aromatic heterocycles. The maximum atomic E-state index is 12.5. The monoisotopic (exact) mass is 261 g/mol. The van der Waals surface area contributed by atoms with Gasteiger partial charge in [0.05, 0.1) is 0 Å². The third kappa shape index (κ3) is 3.87. The van der Waals surface area contributed by atoms with Crippen LogP contribution in [0.1, 0.15) is 19.5 Å². The lowest BCUT2D eigenvalue weighted by Crippen LogP contribution is -2.36. The van der Waals surface area contributed by atoms with Crippen molar-refractivity contribution in [1.29, 1.82) is 0 Å². The molecule has 6 heteroatoms. The van der Waals surface area contributed by atoms with Gasteiger partial charge in [-0.05, 0) is 24.1 Å². The topological polar surface area (TPSA) is 42.1 Å². The van der Waals surface area contributed by atoms with Crippen LogP contribution in [-0.4, -0.2) is 25.1 Å². The number of hydrogen-bond acceptors (Lipinski definition) is 3.